The summed E-state index contributed by atoms with van der Waals surface area (Å²) < 4.78 is 0. The highest BCUT2D eigenvalue weighted by Gasteiger charge is 2.16. The van der Waals surface area contributed by atoms with Crippen molar-refractivity contribution >= 4 is 0 Å². The minimum atomic E-state index is 0.0395. The number of likely N-dealkylation sites (N-methyl/N-ethyl adjacent to an activating group) is 2. The minimum absolute atomic E-state index is 0.0395. The Bertz CT molecular complexity index is 469. The Morgan fingerprint density at radius 2 is 2.11 bits per heavy atom. The van der Waals surface area contributed by atoms with Crippen LogP contribution in [-0.2, 0) is 0 Å². The highest BCUT2D eigenvalue weighted by atomic mass is 15.3. The molecule has 0 aromatic rings. The molecule has 1 heterocycles. The van der Waals surface area contributed by atoms with Crippen LogP contribution in [-0.4, -0.2) is 43.2 Å². The second-order valence-corrected chi connectivity index (χ2v) is 5.21. The third kappa shape index (κ3) is 3.34. The first-order valence-electron chi connectivity index (χ1n) is 6.60. The van der Waals surface area contributed by atoms with Gasteiger partial charge in [-0.1, -0.05) is 18.2 Å². The van der Waals surface area contributed by atoms with Crippen LogP contribution < -0.4 is 0 Å². The van der Waals surface area contributed by atoms with Crippen LogP contribution in [0.2, 0.25) is 0 Å². The van der Waals surface area contributed by atoms with Gasteiger partial charge in [0, 0.05) is 33.0 Å². The molecule has 0 fully saturated rings. The van der Waals surface area contributed by atoms with Gasteiger partial charge in [-0.25, -0.2) is 0 Å². The van der Waals surface area contributed by atoms with Gasteiger partial charge in [0.15, 0.2) is 6.17 Å². The average molecular weight is 258 g/mol. The maximum atomic E-state index is 4.48. The summed E-state index contributed by atoms with van der Waals surface area (Å²) in [5.41, 5.74) is 2.46. The molecule has 102 valence electrons. The summed E-state index contributed by atoms with van der Waals surface area (Å²) in [6.45, 7) is 2.09. The normalized spacial score (nSPS) is 26.6. The minimum Gasteiger partial charge on any atom is -0.378 e. The molecule has 2 unspecified atom stereocenters. The Morgan fingerprint density at radius 3 is 2.68 bits per heavy atom. The Hall–Kier alpha value is -1.84. The Labute approximate surface area is 115 Å². The van der Waals surface area contributed by atoms with Gasteiger partial charge >= 0.3 is 0 Å². The molecule has 2 aliphatic rings. The molecule has 4 heteroatoms. The molecule has 0 bridgehead atoms. The maximum Gasteiger partial charge on any atom is 0.163 e. The molecule has 0 spiro atoms. The quantitative estimate of drug-likeness (QED) is 0.729. The number of allylic oxidation sites excluding steroid dienone is 3. The standard InChI is InChI=1S/C15H22N4/c1-12-6-5-11-19(4)15(12)17-16-13-7-9-14(10-8-13)18(2)3/h5-7,9-11,13,15H,8H2,1-4H3. The van der Waals surface area contributed by atoms with Gasteiger partial charge in [0.2, 0.25) is 0 Å². The molecule has 2 atom stereocenters. The van der Waals surface area contributed by atoms with Crippen molar-refractivity contribution in [2.45, 2.75) is 25.6 Å². The molecule has 2 rings (SSSR count). The first-order valence-corrected chi connectivity index (χ1v) is 6.60. The highest BCUT2D eigenvalue weighted by Crippen LogP contribution is 2.19. The van der Waals surface area contributed by atoms with Gasteiger partial charge in [0.1, 0.15) is 0 Å². The van der Waals surface area contributed by atoms with E-state index in [1.807, 2.05) is 19.3 Å². The zero-order valence-electron chi connectivity index (χ0n) is 12.1. The van der Waals surface area contributed by atoms with Crippen molar-refractivity contribution < 1.29 is 0 Å². The van der Waals surface area contributed by atoms with E-state index in [4.69, 9.17) is 0 Å². The average Bonchev–Trinajstić information content (AvgIpc) is 2.38. The number of azo groups is 1. The van der Waals surface area contributed by atoms with Crippen LogP contribution in [0.15, 0.2) is 58.1 Å². The van der Waals surface area contributed by atoms with Crippen molar-refractivity contribution in [2.24, 2.45) is 10.2 Å². The predicted molar refractivity (Wildman–Crippen MR) is 78.6 cm³/mol. The second kappa shape index (κ2) is 5.87. The predicted octanol–water partition coefficient (Wildman–Crippen LogP) is 2.94. The summed E-state index contributed by atoms with van der Waals surface area (Å²) in [7, 11) is 6.13. The largest absolute Gasteiger partial charge is 0.378 e. The monoisotopic (exact) mass is 258 g/mol. The fourth-order valence-electron chi connectivity index (χ4n) is 2.16. The van der Waals surface area contributed by atoms with Gasteiger partial charge in [-0.3, -0.25) is 0 Å². The van der Waals surface area contributed by atoms with E-state index in [0.717, 1.165) is 6.42 Å². The zero-order chi connectivity index (χ0) is 13.8. The van der Waals surface area contributed by atoms with Gasteiger partial charge < -0.3 is 9.80 Å². The molecule has 1 aliphatic heterocycles. The van der Waals surface area contributed by atoms with Crippen molar-refractivity contribution in [1.29, 1.82) is 0 Å². The lowest BCUT2D eigenvalue weighted by Gasteiger charge is -2.26. The van der Waals surface area contributed by atoms with E-state index in [-0.39, 0.29) is 12.2 Å². The van der Waals surface area contributed by atoms with Crippen molar-refractivity contribution in [3.8, 4) is 0 Å². The van der Waals surface area contributed by atoms with Crippen molar-refractivity contribution in [1.82, 2.24) is 9.80 Å². The van der Waals surface area contributed by atoms with Crippen LogP contribution in [0.1, 0.15) is 13.3 Å². The summed E-state index contributed by atoms with van der Waals surface area (Å²) in [5.74, 6) is 0. The van der Waals surface area contributed by atoms with E-state index >= 15 is 0 Å². The number of nitrogens with zero attached hydrogens (tertiary/aromatic N) is 4. The maximum absolute atomic E-state index is 4.48. The summed E-state index contributed by atoms with van der Waals surface area (Å²) in [6.07, 6.45) is 13.5. The lowest BCUT2D eigenvalue weighted by molar-refractivity contribution is 0.358. The van der Waals surface area contributed by atoms with E-state index in [1.54, 1.807) is 0 Å². The molecule has 0 radical (unpaired) electrons. The van der Waals surface area contributed by atoms with E-state index in [1.165, 1.54) is 11.3 Å². The molecule has 0 amide bonds. The van der Waals surface area contributed by atoms with Crippen LogP contribution >= 0.6 is 0 Å². The van der Waals surface area contributed by atoms with Crippen molar-refractivity contribution in [2.75, 3.05) is 21.1 Å². The van der Waals surface area contributed by atoms with Crippen LogP contribution in [0.25, 0.3) is 0 Å². The third-order valence-corrected chi connectivity index (χ3v) is 3.37. The van der Waals surface area contributed by atoms with Crippen LogP contribution in [0.3, 0.4) is 0 Å². The first-order chi connectivity index (χ1) is 9.08. The van der Waals surface area contributed by atoms with E-state index < -0.39 is 0 Å². The van der Waals surface area contributed by atoms with Gasteiger partial charge in [0.25, 0.3) is 0 Å². The van der Waals surface area contributed by atoms with Crippen molar-refractivity contribution in [3.05, 3.63) is 47.9 Å². The summed E-state index contributed by atoms with van der Waals surface area (Å²) >= 11 is 0. The zero-order valence-corrected chi connectivity index (χ0v) is 12.1. The van der Waals surface area contributed by atoms with Gasteiger partial charge in [-0.15, -0.1) is 0 Å². The Kier molecular flexibility index (Phi) is 4.20. The molecule has 19 heavy (non-hydrogen) atoms. The van der Waals surface area contributed by atoms with Crippen molar-refractivity contribution in [3.63, 3.8) is 0 Å². The van der Waals surface area contributed by atoms with E-state index in [0.29, 0.717) is 0 Å². The fraction of sp³-hybridized carbons (Fsp3) is 0.467. The van der Waals surface area contributed by atoms with Crippen LogP contribution in [0, 0.1) is 0 Å². The fourth-order valence-corrected chi connectivity index (χ4v) is 2.16. The first kappa shape index (κ1) is 13.6. The Balaban J connectivity index is 1.96. The SMILES string of the molecule is CC1=CC=CN(C)C1N=NC1C=CC(N(C)C)=CC1. The molecule has 1 aliphatic carbocycles. The van der Waals surface area contributed by atoms with Gasteiger partial charge in [0.05, 0.1) is 6.04 Å². The lowest BCUT2D eigenvalue weighted by Crippen LogP contribution is -2.28. The summed E-state index contributed by atoms with van der Waals surface area (Å²) in [5, 5.41) is 8.94. The number of hydrogen-bond acceptors (Lipinski definition) is 4. The highest BCUT2D eigenvalue weighted by molar-refractivity contribution is 5.24. The van der Waals surface area contributed by atoms with Crippen LogP contribution in [0.5, 0.6) is 0 Å². The molecule has 0 saturated carbocycles. The van der Waals surface area contributed by atoms with Gasteiger partial charge in [-0.05, 0) is 31.1 Å². The second-order valence-electron chi connectivity index (χ2n) is 5.21. The number of rotatable bonds is 3. The molecule has 0 aromatic carbocycles. The van der Waals surface area contributed by atoms with E-state index in [9.17, 15) is 0 Å². The molecule has 0 aromatic heterocycles. The summed E-state index contributed by atoms with van der Waals surface area (Å²) in [4.78, 5) is 4.18. The molecule has 0 saturated heterocycles. The molecular formula is C15H22N4. The summed E-state index contributed by atoms with van der Waals surface area (Å²) in [6, 6.07) is 0.163. The molecule has 0 N–H and O–H groups in total. The topological polar surface area (TPSA) is 31.2 Å². The van der Waals surface area contributed by atoms with Crippen LogP contribution in [0.4, 0.5) is 0 Å². The van der Waals surface area contributed by atoms with E-state index in [2.05, 4.69) is 65.4 Å². The number of hydrogen-bond donors (Lipinski definition) is 0. The molecular weight excluding hydrogens is 236 g/mol. The third-order valence-electron chi connectivity index (χ3n) is 3.37. The molecule has 4 nitrogen and oxygen atoms in total. The Morgan fingerprint density at radius 1 is 1.32 bits per heavy atom. The van der Waals surface area contributed by atoms with Gasteiger partial charge in [-0.2, -0.15) is 10.2 Å². The smallest absolute Gasteiger partial charge is 0.163 e. The lowest BCUT2D eigenvalue weighted by atomic mass is 10.1.